The summed E-state index contributed by atoms with van der Waals surface area (Å²) in [6.45, 7) is 1.97. The minimum atomic E-state index is 0.713. The van der Waals surface area contributed by atoms with Crippen molar-refractivity contribution >= 4 is 5.69 Å². The summed E-state index contributed by atoms with van der Waals surface area (Å²) in [6.07, 6.45) is 1.88. The molecule has 0 saturated carbocycles. The topological polar surface area (TPSA) is 67.6 Å². The van der Waals surface area contributed by atoms with Gasteiger partial charge in [-0.05, 0) is 49.4 Å². The van der Waals surface area contributed by atoms with E-state index in [9.17, 15) is 0 Å². The lowest BCUT2D eigenvalue weighted by atomic mass is 10.2. The molecule has 2 aromatic heterocycles. The number of nitrogens with zero attached hydrogens (tertiary/aromatic N) is 2. The van der Waals surface area contributed by atoms with Crippen LogP contribution in [-0.2, 0) is 0 Å². The number of nitrogens with one attached hydrogen (secondary N) is 1. The highest BCUT2D eigenvalue weighted by molar-refractivity contribution is 5.63. The van der Waals surface area contributed by atoms with E-state index in [1.165, 1.54) is 0 Å². The van der Waals surface area contributed by atoms with Crippen molar-refractivity contribution in [3.05, 3.63) is 54.4 Å². The third-order valence-corrected chi connectivity index (χ3v) is 2.90. The van der Waals surface area contributed by atoms with Crippen molar-refractivity contribution < 1.29 is 0 Å². The van der Waals surface area contributed by atoms with E-state index >= 15 is 0 Å². The third-order valence-electron chi connectivity index (χ3n) is 2.90. The number of aromatic amines is 1. The average molecular weight is 250 g/mol. The zero-order chi connectivity index (χ0) is 13.2. The van der Waals surface area contributed by atoms with Crippen LogP contribution in [0.1, 0.15) is 5.69 Å². The molecule has 0 aliphatic rings. The van der Waals surface area contributed by atoms with E-state index in [0.29, 0.717) is 5.82 Å². The number of hydrogen-bond acceptors (Lipinski definition) is 3. The van der Waals surface area contributed by atoms with E-state index < -0.39 is 0 Å². The molecule has 0 unspecified atom stereocenters. The normalized spacial score (nSPS) is 10.6. The van der Waals surface area contributed by atoms with Crippen LogP contribution in [0.5, 0.6) is 0 Å². The van der Waals surface area contributed by atoms with E-state index in [2.05, 4.69) is 15.0 Å². The second-order valence-electron chi connectivity index (χ2n) is 4.42. The van der Waals surface area contributed by atoms with Gasteiger partial charge in [-0.2, -0.15) is 0 Å². The highest BCUT2D eigenvalue weighted by Gasteiger charge is 2.07. The molecule has 3 rings (SSSR count). The van der Waals surface area contributed by atoms with Crippen LogP contribution < -0.4 is 5.73 Å². The van der Waals surface area contributed by atoms with Crippen LogP contribution in [0.3, 0.4) is 0 Å². The second-order valence-corrected chi connectivity index (χ2v) is 4.42. The number of benzene rings is 1. The van der Waals surface area contributed by atoms with Gasteiger partial charge in [-0.25, -0.2) is 9.97 Å². The lowest BCUT2D eigenvalue weighted by Crippen LogP contribution is -1.95. The van der Waals surface area contributed by atoms with Crippen molar-refractivity contribution in [2.75, 3.05) is 5.73 Å². The van der Waals surface area contributed by atoms with Gasteiger partial charge < -0.3 is 10.7 Å². The summed E-state index contributed by atoms with van der Waals surface area (Å²) in [5.74, 6) is 0.713. The fraction of sp³-hybridized carbons (Fsp3) is 0.0667. The van der Waals surface area contributed by atoms with Crippen molar-refractivity contribution in [3.63, 3.8) is 0 Å². The van der Waals surface area contributed by atoms with E-state index in [-0.39, 0.29) is 0 Å². The van der Waals surface area contributed by atoms with Gasteiger partial charge in [0.2, 0.25) is 0 Å². The Balaban J connectivity index is 2.10. The number of aromatic nitrogens is 3. The molecular weight excluding hydrogens is 236 g/mol. The van der Waals surface area contributed by atoms with Crippen molar-refractivity contribution in [3.8, 4) is 22.8 Å². The Kier molecular flexibility index (Phi) is 2.76. The summed E-state index contributed by atoms with van der Waals surface area (Å²) in [6, 6.07) is 13.5. The summed E-state index contributed by atoms with van der Waals surface area (Å²) in [5.41, 5.74) is 10.2. The number of nitrogens with two attached hydrogens (primary N) is 1. The first-order chi connectivity index (χ1) is 9.22. The first-order valence-corrected chi connectivity index (χ1v) is 6.08. The van der Waals surface area contributed by atoms with Crippen molar-refractivity contribution in [2.24, 2.45) is 0 Å². The van der Waals surface area contributed by atoms with Crippen LogP contribution in [0.2, 0.25) is 0 Å². The first kappa shape index (κ1) is 11.5. The van der Waals surface area contributed by atoms with Gasteiger partial charge in [0.05, 0.1) is 11.4 Å². The Labute approximate surface area is 111 Å². The zero-order valence-electron chi connectivity index (χ0n) is 10.6. The molecule has 1 aromatic carbocycles. The van der Waals surface area contributed by atoms with Gasteiger partial charge in [-0.3, -0.25) is 0 Å². The molecule has 0 aliphatic heterocycles. The molecule has 4 heteroatoms. The quantitative estimate of drug-likeness (QED) is 0.687. The van der Waals surface area contributed by atoms with Crippen LogP contribution >= 0.6 is 0 Å². The molecule has 3 N–H and O–H groups in total. The number of rotatable bonds is 2. The lowest BCUT2D eigenvalue weighted by Gasteiger charge is -2.05. The van der Waals surface area contributed by atoms with Crippen LogP contribution in [0, 0.1) is 6.92 Å². The smallest absolute Gasteiger partial charge is 0.160 e. The lowest BCUT2D eigenvalue weighted by molar-refractivity contribution is 1.11. The Hall–Kier alpha value is -2.62. The SMILES string of the molecule is Cc1cc(-c2ccc[nH]2)nc(-c2ccc(N)cc2)n1. The third kappa shape index (κ3) is 2.33. The predicted molar refractivity (Wildman–Crippen MR) is 76.4 cm³/mol. The molecular formula is C15H14N4. The second kappa shape index (κ2) is 4.57. The Morgan fingerprint density at radius 1 is 1.05 bits per heavy atom. The van der Waals surface area contributed by atoms with Crippen molar-refractivity contribution in [2.45, 2.75) is 6.92 Å². The molecule has 19 heavy (non-hydrogen) atoms. The molecule has 0 radical (unpaired) electrons. The molecule has 0 bridgehead atoms. The van der Waals surface area contributed by atoms with E-state index in [1.807, 2.05) is 55.6 Å². The summed E-state index contributed by atoms with van der Waals surface area (Å²) in [7, 11) is 0. The van der Waals surface area contributed by atoms with Gasteiger partial charge in [0.25, 0.3) is 0 Å². The number of H-pyrrole nitrogens is 1. The highest BCUT2D eigenvalue weighted by atomic mass is 14.9. The van der Waals surface area contributed by atoms with Crippen LogP contribution in [-0.4, -0.2) is 15.0 Å². The largest absolute Gasteiger partial charge is 0.399 e. The molecule has 0 atom stereocenters. The van der Waals surface area contributed by atoms with E-state index in [0.717, 1.165) is 28.3 Å². The Bertz CT molecular complexity index is 685. The number of nitrogen functional groups attached to an aromatic ring is 1. The van der Waals surface area contributed by atoms with E-state index in [4.69, 9.17) is 5.73 Å². The molecule has 0 amide bonds. The standard InChI is InChI=1S/C15H14N4/c1-10-9-14(13-3-2-8-17-13)19-15(18-10)11-4-6-12(16)7-5-11/h2-9,17H,16H2,1H3. The van der Waals surface area contributed by atoms with Gasteiger partial charge in [-0.15, -0.1) is 0 Å². The Morgan fingerprint density at radius 3 is 2.53 bits per heavy atom. The van der Waals surface area contributed by atoms with Gasteiger partial charge in [-0.1, -0.05) is 0 Å². The zero-order valence-corrected chi connectivity index (χ0v) is 10.6. The van der Waals surface area contributed by atoms with E-state index in [1.54, 1.807) is 0 Å². The van der Waals surface area contributed by atoms with Crippen LogP contribution in [0.25, 0.3) is 22.8 Å². The van der Waals surface area contributed by atoms with Crippen molar-refractivity contribution in [1.82, 2.24) is 15.0 Å². The molecule has 0 spiro atoms. The maximum Gasteiger partial charge on any atom is 0.160 e. The van der Waals surface area contributed by atoms with Gasteiger partial charge in [0.15, 0.2) is 5.82 Å². The molecule has 0 aliphatic carbocycles. The number of hydrogen-bond donors (Lipinski definition) is 2. The molecule has 2 heterocycles. The summed E-state index contributed by atoms with van der Waals surface area (Å²) in [4.78, 5) is 12.2. The molecule has 0 fully saturated rings. The highest BCUT2D eigenvalue weighted by Crippen LogP contribution is 2.21. The number of anilines is 1. The van der Waals surface area contributed by atoms with Crippen molar-refractivity contribution in [1.29, 1.82) is 0 Å². The monoisotopic (exact) mass is 250 g/mol. The van der Waals surface area contributed by atoms with Crippen LogP contribution in [0.15, 0.2) is 48.7 Å². The number of aryl methyl sites for hydroxylation is 1. The molecule has 3 aromatic rings. The summed E-state index contributed by atoms with van der Waals surface area (Å²) < 4.78 is 0. The molecule has 4 nitrogen and oxygen atoms in total. The average Bonchev–Trinajstić information content (AvgIpc) is 2.93. The van der Waals surface area contributed by atoms with Gasteiger partial charge in [0, 0.05) is 23.1 Å². The minimum absolute atomic E-state index is 0.713. The molecule has 94 valence electrons. The summed E-state index contributed by atoms with van der Waals surface area (Å²) in [5, 5.41) is 0. The maximum atomic E-state index is 5.70. The fourth-order valence-electron chi connectivity index (χ4n) is 1.96. The van der Waals surface area contributed by atoms with Crippen LogP contribution in [0.4, 0.5) is 5.69 Å². The fourth-order valence-corrected chi connectivity index (χ4v) is 1.96. The minimum Gasteiger partial charge on any atom is -0.399 e. The first-order valence-electron chi connectivity index (χ1n) is 6.08. The maximum absolute atomic E-state index is 5.70. The predicted octanol–water partition coefficient (Wildman–Crippen LogP) is 3.03. The summed E-state index contributed by atoms with van der Waals surface area (Å²) >= 11 is 0. The van der Waals surface area contributed by atoms with Gasteiger partial charge in [0.1, 0.15) is 0 Å². The Morgan fingerprint density at radius 2 is 1.84 bits per heavy atom. The molecule has 0 saturated heterocycles. The van der Waals surface area contributed by atoms with Gasteiger partial charge >= 0.3 is 0 Å².